The van der Waals surface area contributed by atoms with Gasteiger partial charge in [0.2, 0.25) is 5.91 Å². The third-order valence-corrected chi connectivity index (χ3v) is 5.78. The Labute approximate surface area is 170 Å². The van der Waals surface area contributed by atoms with E-state index in [0.29, 0.717) is 36.7 Å². The Hall–Kier alpha value is -2.70. The summed E-state index contributed by atoms with van der Waals surface area (Å²) in [7, 11) is 0. The van der Waals surface area contributed by atoms with Gasteiger partial charge in [0.05, 0.1) is 23.1 Å². The average molecular weight is 399 g/mol. The van der Waals surface area contributed by atoms with E-state index < -0.39 is 12.0 Å². The number of hydrogen-bond acceptors (Lipinski definition) is 4. The second-order valence-corrected chi connectivity index (χ2v) is 8.42. The van der Waals surface area contributed by atoms with E-state index in [0.717, 1.165) is 12.8 Å². The zero-order valence-electron chi connectivity index (χ0n) is 17.0. The number of aromatic nitrogens is 2. The minimum Gasteiger partial charge on any atom is -0.481 e. The predicted octanol–water partition coefficient (Wildman–Crippen LogP) is 2.99. The second kappa shape index (κ2) is 9.20. The lowest BCUT2D eigenvalue weighted by molar-refractivity contribution is -0.143. The average Bonchev–Trinajstić information content (AvgIpc) is 2.71. The molecular weight excluding hydrogens is 370 g/mol. The molecule has 7 nitrogen and oxygen atoms in total. The van der Waals surface area contributed by atoms with Crippen LogP contribution in [0.25, 0.3) is 10.9 Å². The highest BCUT2D eigenvalue weighted by molar-refractivity contribution is 5.81. The summed E-state index contributed by atoms with van der Waals surface area (Å²) in [6.07, 6.45) is 4.90. The Balaban J connectivity index is 1.72. The Morgan fingerprint density at radius 2 is 1.90 bits per heavy atom. The first-order chi connectivity index (χ1) is 13.9. The molecule has 2 aromatic rings. The summed E-state index contributed by atoms with van der Waals surface area (Å²) in [5.74, 6) is -0.667. The molecule has 0 bridgehead atoms. The minimum atomic E-state index is -0.729. The molecule has 29 heavy (non-hydrogen) atoms. The van der Waals surface area contributed by atoms with Crippen molar-refractivity contribution < 1.29 is 14.7 Å². The highest BCUT2D eigenvalue weighted by atomic mass is 16.4. The highest BCUT2D eigenvalue weighted by Gasteiger charge is 2.28. The molecule has 3 rings (SSSR count). The molecule has 1 aromatic heterocycles. The molecule has 0 saturated heterocycles. The Morgan fingerprint density at radius 1 is 1.21 bits per heavy atom. The van der Waals surface area contributed by atoms with Crippen molar-refractivity contribution >= 4 is 22.8 Å². The molecule has 1 aromatic carbocycles. The Bertz CT molecular complexity index is 929. The molecule has 0 radical (unpaired) electrons. The van der Waals surface area contributed by atoms with Gasteiger partial charge in [0.25, 0.3) is 5.56 Å². The van der Waals surface area contributed by atoms with Gasteiger partial charge in [0, 0.05) is 6.54 Å². The number of carboxylic acid groups (broad SMARTS) is 1. The molecule has 156 valence electrons. The Morgan fingerprint density at radius 3 is 2.55 bits per heavy atom. The van der Waals surface area contributed by atoms with Gasteiger partial charge >= 0.3 is 5.97 Å². The SMILES string of the molecule is CC(C)CC(C(=O)NCC1CCC(C(=O)O)CC1)n1cnc2ccccc2c1=O. The van der Waals surface area contributed by atoms with E-state index in [4.69, 9.17) is 5.11 Å². The van der Waals surface area contributed by atoms with Crippen LogP contribution in [0, 0.1) is 17.8 Å². The van der Waals surface area contributed by atoms with Gasteiger partial charge in [-0.05, 0) is 56.1 Å². The largest absolute Gasteiger partial charge is 0.481 e. The van der Waals surface area contributed by atoms with Crippen LogP contribution in [-0.4, -0.2) is 33.1 Å². The fraction of sp³-hybridized carbons (Fsp3) is 0.545. The van der Waals surface area contributed by atoms with Crippen LogP contribution in [0.15, 0.2) is 35.4 Å². The fourth-order valence-electron chi connectivity index (χ4n) is 4.07. The van der Waals surface area contributed by atoms with Gasteiger partial charge in [0.15, 0.2) is 0 Å². The quantitative estimate of drug-likeness (QED) is 0.745. The number of carbonyl (C=O) groups excluding carboxylic acids is 1. The number of carboxylic acids is 1. The fourth-order valence-corrected chi connectivity index (χ4v) is 4.07. The molecular formula is C22H29N3O4. The van der Waals surface area contributed by atoms with Crippen molar-refractivity contribution in [3.63, 3.8) is 0 Å². The maximum absolute atomic E-state index is 13.0. The lowest BCUT2D eigenvalue weighted by Crippen LogP contribution is -2.40. The summed E-state index contributed by atoms with van der Waals surface area (Å²) in [4.78, 5) is 41.4. The number of fused-ring (bicyclic) bond motifs is 1. The summed E-state index contributed by atoms with van der Waals surface area (Å²) in [5, 5.41) is 12.6. The molecule has 1 amide bonds. The van der Waals surface area contributed by atoms with Crippen LogP contribution >= 0.6 is 0 Å². The maximum atomic E-state index is 13.0. The van der Waals surface area contributed by atoms with Crippen LogP contribution in [0.3, 0.4) is 0 Å². The van der Waals surface area contributed by atoms with E-state index in [1.54, 1.807) is 18.2 Å². The van der Waals surface area contributed by atoms with E-state index >= 15 is 0 Å². The summed E-state index contributed by atoms with van der Waals surface area (Å²) < 4.78 is 1.44. The number of aliphatic carboxylic acids is 1. The van der Waals surface area contributed by atoms with Gasteiger partial charge in [-0.2, -0.15) is 0 Å². The minimum absolute atomic E-state index is 0.182. The Kier molecular flexibility index (Phi) is 6.67. The third-order valence-electron chi connectivity index (χ3n) is 5.78. The molecule has 1 heterocycles. The molecule has 1 saturated carbocycles. The van der Waals surface area contributed by atoms with Crippen molar-refractivity contribution in [3.8, 4) is 0 Å². The van der Waals surface area contributed by atoms with Crippen molar-refractivity contribution in [3.05, 3.63) is 40.9 Å². The van der Waals surface area contributed by atoms with Gasteiger partial charge in [-0.15, -0.1) is 0 Å². The second-order valence-electron chi connectivity index (χ2n) is 8.42. The van der Waals surface area contributed by atoms with Crippen molar-refractivity contribution in [1.82, 2.24) is 14.9 Å². The van der Waals surface area contributed by atoms with Gasteiger partial charge < -0.3 is 10.4 Å². The van der Waals surface area contributed by atoms with Crippen molar-refractivity contribution in [2.45, 2.75) is 52.0 Å². The van der Waals surface area contributed by atoms with Crippen molar-refractivity contribution in [2.24, 2.45) is 17.8 Å². The first-order valence-corrected chi connectivity index (χ1v) is 10.3. The number of rotatable bonds is 7. The van der Waals surface area contributed by atoms with Crippen LogP contribution in [0.4, 0.5) is 0 Å². The van der Waals surface area contributed by atoms with Gasteiger partial charge in [-0.1, -0.05) is 26.0 Å². The first-order valence-electron chi connectivity index (χ1n) is 10.3. The van der Waals surface area contributed by atoms with Crippen LogP contribution in [0.2, 0.25) is 0 Å². The lowest BCUT2D eigenvalue weighted by atomic mass is 9.82. The maximum Gasteiger partial charge on any atom is 0.306 e. The molecule has 2 N–H and O–H groups in total. The van der Waals surface area contributed by atoms with Crippen LogP contribution < -0.4 is 10.9 Å². The zero-order chi connectivity index (χ0) is 21.0. The van der Waals surface area contributed by atoms with Crippen LogP contribution in [0.5, 0.6) is 0 Å². The van der Waals surface area contributed by atoms with Crippen LogP contribution in [-0.2, 0) is 9.59 Å². The van der Waals surface area contributed by atoms with Crippen molar-refractivity contribution in [2.75, 3.05) is 6.54 Å². The molecule has 0 spiro atoms. The zero-order valence-corrected chi connectivity index (χ0v) is 17.0. The highest BCUT2D eigenvalue weighted by Crippen LogP contribution is 2.28. The normalized spacial score (nSPS) is 20.5. The third kappa shape index (κ3) is 5.02. The van der Waals surface area contributed by atoms with Gasteiger partial charge in [0.1, 0.15) is 6.04 Å². The van der Waals surface area contributed by atoms with Crippen molar-refractivity contribution in [1.29, 1.82) is 0 Å². The monoisotopic (exact) mass is 399 g/mol. The molecule has 0 aliphatic heterocycles. The number of amides is 1. The lowest BCUT2D eigenvalue weighted by Gasteiger charge is -2.27. The molecule has 1 fully saturated rings. The van der Waals surface area contributed by atoms with Gasteiger partial charge in [-0.25, -0.2) is 4.98 Å². The van der Waals surface area contributed by atoms with Gasteiger partial charge in [-0.3, -0.25) is 19.0 Å². The number of carbonyl (C=O) groups is 2. The molecule has 1 aliphatic rings. The summed E-state index contributed by atoms with van der Waals surface area (Å²) in [5.41, 5.74) is 0.408. The first kappa shape index (κ1) is 21.0. The summed E-state index contributed by atoms with van der Waals surface area (Å²) in [6, 6.07) is 6.52. The summed E-state index contributed by atoms with van der Waals surface area (Å²) >= 11 is 0. The number of hydrogen-bond donors (Lipinski definition) is 2. The topological polar surface area (TPSA) is 101 Å². The number of nitrogens with zero attached hydrogens (tertiary/aromatic N) is 2. The number of benzene rings is 1. The predicted molar refractivity (Wildman–Crippen MR) is 111 cm³/mol. The number of para-hydroxylation sites is 1. The molecule has 7 heteroatoms. The molecule has 1 unspecified atom stereocenters. The molecule has 1 atom stereocenters. The number of nitrogens with one attached hydrogen (secondary N) is 1. The summed E-state index contributed by atoms with van der Waals surface area (Å²) in [6.45, 7) is 4.55. The van der Waals surface area contributed by atoms with E-state index in [-0.39, 0.29) is 29.2 Å². The standard InChI is InChI=1S/C22H29N3O4/c1-14(2)11-19(25-13-24-18-6-4-3-5-17(18)21(25)27)20(26)23-12-15-7-9-16(10-8-15)22(28)29/h3-6,13-16,19H,7-12H2,1-2H3,(H,23,26)(H,28,29). The van der Waals surface area contributed by atoms with E-state index in [1.165, 1.54) is 10.9 Å². The smallest absolute Gasteiger partial charge is 0.306 e. The van der Waals surface area contributed by atoms with E-state index in [2.05, 4.69) is 10.3 Å². The van der Waals surface area contributed by atoms with E-state index in [9.17, 15) is 14.4 Å². The van der Waals surface area contributed by atoms with E-state index in [1.807, 2.05) is 19.9 Å². The van der Waals surface area contributed by atoms with Crippen LogP contribution in [0.1, 0.15) is 52.0 Å². The molecule has 1 aliphatic carbocycles.